The predicted molar refractivity (Wildman–Crippen MR) is 73.1 cm³/mol. The van der Waals surface area contributed by atoms with Crippen LogP contribution in [0.15, 0.2) is 42.6 Å². The number of nitrogens with zero attached hydrogens (tertiary/aromatic N) is 3. The number of pyridine rings is 1. The fourth-order valence-electron chi connectivity index (χ4n) is 2.20. The molecular weight excluding hydrogens is 224 g/mol. The van der Waals surface area contributed by atoms with Crippen molar-refractivity contribution < 1.29 is 0 Å². The number of hydrogen-bond acceptors (Lipinski definition) is 3. The molecule has 0 saturated heterocycles. The Morgan fingerprint density at radius 3 is 2.83 bits per heavy atom. The van der Waals surface area contributed by atoms with Gasteiger partial charge >= 0.3 is 0 Å². The summed E-state index contributed by atoms with van der Waals surface area (Å²) in [7, 11) is 0. The summed E-state index contributed by atoms with van der Waals surface area (Å²) in [6, 6.07) is 11.9. The van der Waals surface area contributed by atoms with Crippen LogP contribution in [-0.2, 0) is 6.54 Å². The minimum Gasteiger partial charge on any atom is -0.384 e. The molecule has 3 aromatic rings. The van der Waals surface area contributed by atoms with E-state index in [1.807, 2.05) is 30.3 Å². The maximum Gasteiger partial charge on any atom is 0.141 e. The highest BCUT2D eigenvalue weighted by Crippen LogP contribution is 2.25. The zero-order chi connectivity index (χ0) is 12.5. The van der Waals surface area contributed by atoms with Crippen molar-refractivity contribution in [1.82, 2.24) is 14.5 Å². The van der Waals surface area contributed by atoms with Crippen LogP contribution in [0, 0.1) is 0 Å². The second-order valence-corrected chi connectivity index (χ2v) is 4.14. The Labute approximate surface area is 105 Å². The molecule has 2 aromatic heterocycles. The maximum absolute atomic E-state index is 5.73. The number of nitrogen functional groups attached to an aromatic ring is 1. The van der Waals surface area contributed by atoms with E-state index in [4.69, 9.17) is 5.73 Å². The summed E-state index contributed by atoms with van der Waals surface area (Å²) >= 11 is 0. The first-order valence-electron chi connectivity index (χ1n) is 5.96. The van der Waals surface area contributed by atoms with E-state index in [1.165, 1.54) is 0 Å². The van der Waals surface area contributed by atoms with E-state index in [1.54, 1.807) is 6.20 Å². The molecule has 3 rings (SSSR count). The fourth-order valence-corrected chi connectivity index (χ4v) is 2.20. The first kappa shape index (κ1) is 10.8. The Bertz CT molecular complexity index is 700. The molecule has 2 heterocycles. The lowest BCUT2D eigenvalue weighted by Gasteiger charge is -2.06. The molecule has 0 saturated carbocycles. The van der Waals surface area contributed by atoms with Crippen LogP contribution in [0.4, 0.5) is 5.82 Å². The SMILES string of the molecule is CCn1c(-c2ccnc(N)c2)nc2ccccc21. The van der Waals surface area contributed by atoms with Crippen LogP contribution in [0.3, 0.4) is 0 Å². The molecule has 0 aliphatic heterocycles. The topological polar surface area (TPSA) is 56.7 Å². The largest absolute Gasteiger partial charge is 0.384 e. The number of fused-ring (bicyclic) bond motifs is 1. The van der Waals surface area contributed by atoms with Crippen molar-refractivity contribution in [3.05, 3.63) is 42.6 Å². The molecule has 0 fully saturated rings. The summed E-state index contributed by atoms with van der Waals surface area (Å²) in [4.78, 5) is 8.69. The van der Waals surface area contributed by atoms with Crippen molar-refractivity contribution in [3.63, 3.8) is 0 Å². The first-order chi connectivity index (χ1) is 8.79. The minimum atomic E-state index is 0.516. The summed E-state index contributed by atoms with van der Waals surface area (Å²) in [6.45, 7) is 2.99. The second kappa shape index (κ2) is 4.14. The number of aromatic nitrogens is 3. The van der Waals surface area contributed by atoms with Crippen LogP contribution in [0.1, 0.15) is 6.92 Å². The van der Waals surface area contributed by atoms with Crippen LogP contribution < -0.4 is 5.73 Å². The van der Waals surface area contributed by atoms with Gasteiger partial charge in [0.2, 0.25) is 0 Å². The number of nitrogens with two attached hydrogens (primary N) is 1. The number of para-hydroxylation sites is 2. The second-order valence-electron chi connectivity index (χ2n) is 4.14. The Balaban J connectivity index is 2.28. The lowest BCUT2D eigenvalue weighted by Crippen LogP contribution is -1.98. The Morgan fingerprint density at radius 2 is 2.06 bits per heavy atom. The summed E-state index contributed by atoms with van der Waals surface area (Å²) in [5.74, 6) is 1.45. The fraction of sp³-hybridized carbons (Fsp3) is 0.143. The van der Waals surface area contributed by atoms with Gasteiger partial charge in [0.25, 0.3) is 0 Å². The first-order valence-corrected chi connectivity index (χ1v) is 5.96. The van der Waals surface area contributed by atoms with Gasteiger partial charge in [-0.1, -0.05) is 12.1 Å². The average Bonchev–Trinajstić information content (AvgIpc) is 2.77. The van der Waals surface area contributed by atoms with Gasteiger partial charge < -0.3 is 10.3 Å². The summed E-state index contributed by atoms with van der Waals surface area (Å²) in [6.07, 6.45) is 1.71. The third-order valence-electron chi connectivity index (χ3n) is 3.01. The van der Waals surface area contributed by atoms with E-state index < -0.39 is 0 Å². The molecular formula is C14H14N4. The van der Waals surface area contributed by atoms with Gasteiger partial charge in [-0.3, -0.25) is 0 Å². The van der Waals surface area contributed by atoms with Gasteiger partial charge in [0.15, 0.2) is 0 Å². The number of rotatable bonds is 2. The quantitative estimate of drug-likeness (QED) is 0.746. The van der Waals surface area contributed by atoms with Gasteiger partial charge in [-0.2, -0.15) is 0 Å². The van der Waals surface area contributed by atoms with E-state index in [0.29, 0.717) is 5.82 Å². The Morgan fingerprint density at radius 1 is 1.22 bits per heavy atom. The molecule has 0 aliphatic rings. The van der Waals surface area contributed by atoms with Crippen LogP contribution in [0.2, 0.25) is 0 Å². The highest BCUT2D eigenvalue weighted by atomic mass is 15.1. The van der Waals surface area contributed by atoms with Crippen molar-refractivity contribution in [1.29, 1.82) is 0 Å². The molecule has 0 bridgehead atoms. The lowest BCUT2D eigenvalue weighted by atomic mass is 10.2. The van der Waals surface area contributed by atoms with E-state index in [-0.39, 0.29) is 0 Å². The van der Waals surface area contributed by atoms with E-state index in [0.717, 1.165) is 29.0 Å². The van der Waals surface area contributed by atoms with Gasteiger partial charge in [0.1, 0.15) is 11.6 Å². The summed E-state index contributed by atoms with van der Waals surface area (Å²) < 4.78 is 2.18. The zero-order valence-corrected chi connectivity index (χ0v) is 10.2. The van der Waals surface area contributed by atoms with Gasteiger partial charge in [0, 0.05) is 18.3 Å². The molecule has 4 heteroatoms. The predicted octanol–water partition coefficient (Wildman–Crippen LogP) is 2.70. The highest BCUT2D eigenvalue weighted by Gasteiger charge is 2.10. The highest BCUT2D eigenvalue weighted by molar-refractivity contribution is 5.80. The molecule has 0 atom stereocenters. The molecule has 1 aromatic carbocycles. The number of imidazole rings is 1. The molecule has 0 unspecified atom stereocenters. The number of aryl methyl sites for hydroxylation is 1. The molecule has 0 radical (unpaired) electrons. The van der Waals surface area contributed by atoms with Gasteiger partial charge in [-0.15, -0.1) is 0 Å². The van der Waals surface area contributed by atoms with Crippen molar-refractivity contribution in [2.24, 2.45) is 0 Å². The maximum atomic E-state index is 5.73. The van der Waals surface area contributed by atoms with Crippen molar-refractivity contribution >= 4 is 16.9 Å². The number of hydrogen-bond donors (Lipinski definition) is 1. The van der Waals surface area contributed by atoms with Crippen LogP contribution in [0.25, 0.3) is 22.4 Å². The summed E-state index contributed by atoms with van der Waals surface area (Å²) in [5.41, 5.74) is 8.88. The Kier molecular flexibility index (Phi) is 2.48. The summed E-state index contributed by atoms with van der Waals surface area (Å²) in [5, 5.41) is 0. The number of benzene rings is 1. The third-order valence-corrected chi connectivity index (χ3v) is 3.01. The molecule has 0 aliphatic carbocycles. The standard InChI is InChI=1S/C14H14N4/c1-2-18-12-6-4-3-5-11(12)17-14(18)10-7-8-16-13(15)9-10/h3-9H,2H2,1H3,(H2,15,16). The molecule has 2 N–H and O–H groups in total. The van der Waals surface area contributed by atoms with Crippen LogP contribution >= 0.6 is 0 Å². The van der Waals surface area contributed by atoms with Crippen molar-refractivity contribution in [2.45, 2.75) is 13.5 Å². The van der Waals surface area contributed by atoms with Gasteiger partial charge in [0.05, 0.1) is 11.0 Å². The molecule has 0 amide bonds. The lowest BCUT2D eigenvalue weighted by molar-refractivity contribution is 0.796. The van der Waals surface area contributed by atoms with E-state index in [2.05, 4.69) is 27.5 Å². The third kappa shape index (κ3) is 1.62. The van der Waals surface area contributed by atoms with Gasteiger partial charge in [-0.05, 0) is 31.2 Å². The minimum absolute atomic E-state index is 0.516. The normalized spacial score (nSPS) is 10.9. The van der Waals surface area contributed by atoms with Crippen LogP contribution in [-0.4, -0.2) is 14.5 Å². The zero-order valence-electron chi connectivity index (χ0n) is 10.2. The average molecular weight is 238 g/mol. The molecule has 18 heavy (non-hydrogen) atoms. The van der Waals surface area contributed by atoms with Crippen LogP contribution in [0.5, 0.6) is 0 Å². The van der Waals surface area contributed by atoms with E-state index in [9.17, 15) is 0 Å². The number of anilines is 1. The van der Waals surface area contributed by atoms with Crippen molar-refractivity contribution in [2.75, 3.05) is 5.73 Å². The van der Waals surface area contributed by atoms with E-state index >= 15 is 0 Å². The Hall–Kier alpha value is -2.36. The molecule has 90 valence electrons. The van der Waals surface area contributed by atoms with Crippen molar-refractivity contribution in [3.8, 4) is 11.4 Å². The smallest absolute Gasteiger partial charge is 0.141 e. The van der Waals surface area contributed by atoms with Gasteiger partial charge in [-0.25, -0.2) is 9.97 Å². The molecule has 0 spiro atoms. The monoisotopic (exact) mass is 238 g/mol. The molecule has 4 nitrogen and oxygen atoms in total.